The maximum atomic E-state index is 10.8. The highest BCUT2D eigenvalue weighted by Crippen LogP contribution is 2.37. The van der Waals surface area contributed by atoms with Crippen molar-refractivity contribution in [2.24, 2.45) is 5.92 Å². The van der Waals surface area contributed by atoms with Gasteiger partial charge >= 0.3 is 0 Å². The van der Waals surface area contributed by atoms with Crippen LogP contribution in [0.1, 0.15) is 44.2 Å². The van der Waals surface area contributed by atoms with Crippen molar-refractivity contribution in [2.75, 3.05) is 7.11 Å². The Balaban J connectivity index is 2.22. The van der Waals surface area contributed by atoms with Crippen LogP contribution in [0, 0.1) is 5.92 Å². The van der Waals surface area contributed by atoms with Gasteiger partial charge in [0.25, 0.3) is 0 Å². The summed E-state index contributed by atoms with van der Waals surface area (Å²) in [4.78, 5) is 0. The highest BCUT2D eigenvalue weighted by molar-refractivity contribution is 5.38. The van der Waals surface area contributed by atoms with Gasteiger partial charge in [-0.05, 0) is 48.4 Å². The number of benzene rings is 1. The average Bonchev–Trinajstić information content (AvgIpc) is 2.38. The molecule has 0 saturated heterocycles. The first kappa shape index (κ1) is 13.4. The Morgan fingerprint density at radius 3 is 2.83 bits per heavy atom. The zero-order valence-electron chi connectivity index (χ0n) is 11.7. The molecule has 0 bridgehead atoms. The van der Waals surface area contributed by atoms with Gasteiger partial charge < -0.3 is 9.84 Å². The zero-order valence-corrected chi connectivity index (χ0v) is 11.7. The lowest BCUT2D eigenvalue weighted by atomic mass is 9.72. The molecule has 1 N–H and O–H groups in total. The summed E-state index contributed by atoms with van der Waals surface area (Å²) in [5.41, 5.74) is 2.09. The van der Waals surface area contributed by atoms with Crippen LogP contribution in [-0.4, -0.2) is 17.8 Å². The van der Waals surface area contributed by atoms with Crippen molar-refractivity contribution in [1.82, 2.24) is 0 Å². The normalized spacial score (nSPS) is 24.4. The fraction of sp³-hybridized carbons (Fsp3) is 0.625. The highest BCUT2D eigenvalue weighted by Gasteiger charge is 2.36. The van der Waals surface area contributed by atoms with Gasteiger partial charge in [-0.15, -0.1) is 0 Å². The maximum absolute atomic E-state index is 10.8. The van der Waals surface area contributed by atoms with Crippen molar-refractivity contribution in [3.8, 4) is 5.75 Å². The molecular weight excluding hydrogens is 224 g/mol. The molecule has 100 valence electrons. The van der Waals surface area contributed by atoms with Crippen LogP contribution in [0.15, 0.2) is 18.2 Å². The number of rotatable bonds is 4. The molecule has 0 fully saturated rings. The van der Waals surface area contributed by atoms with E-state index in [-0.39, 0.29) is 0 Å². The predicted octanol–water partition coefficient (Wildman–Crippen LogP) is 3.35. The Kier molecular flexibility index (Phi) is 3.96. The number of ether oxygens (including phenoxy) is 1. The van der Waals surface area contributed by atoms with Gasteiger partial charge in [0, 0.05) is 6.42 Å². The molecule has 0 aromatic heterocycles. The Bertz CT molecular complexity index is 414. The number of methoxy groups -OCH3 is 1. The number of aliphatic hydroxyl groups is 1. The Hall–Kier alpha value is -1.02. The maximum Gasteiger partial charge on any atom is 0.119 e. The summed E-state index contributed by atoms with van der Waals surface area (Å²) in [6.07, 6.45) is 4.85. The molecule has 1 aliphatic carbocycles. The van der Waals surface area contributed by atoms with E-state index in [1.54, 1.807) is 7.11 Å². The summed E-state index contributed by atoms with van der Waals surface area (Å²) in [7, 11) is 1.69. The number of hydrogen-bond donors (Lipinski definition) is 1. The van der Waals surface area contributed by atoms with Crippen molar-refractivity contribution in [3.05, 3.63) is 29.3 Å². The first-order chi connectivity index (χ1) is 8.59. The van der Waals surface area contributed by atoms with Gasteiger partial charge in [0.05, 0.1) is 12.7 Å². The molecule has 0 amide bonds. The van der Waals surface area contributed by atoms with E-state index in [1.807, 2.05) is 6.07 Å². The molecule has 18 heavy (non-hydrogen) atoms. The topological polar surface area (TPSA) is 29.5 Å². The summed E-state index contributed by atoms with van der Waals surface area (Å²) < 4.78 is 5.27. The van der Waals surface area contributed by atoms with E-state index in [0.29, 0.717) is 5.92 Å². The van der Waals surface area contributed by atoms with Gasteiger partial charge in [-0.2, -0.15) is 0 Å². The first-order valence-electron chi connectivity index (χ1n) is 6.97. The predicted molar refractivity (Wildman–Crippen MR) is 74.0 cm³/mol. The molecule has 2 heteroatoms. The fourth-order valence-electron chi connectivity index (χ4n) is 3.03. The van der Waals surface area contributed by atoms with Gasteiger partial charge in [-0.1, -0.05) is 26.3 Å². The standard InChI is InChI=1S/C16H24O2/c1-4-5-12(2)16(17)9-8-13-6-7-15(18-3)10-14(13)11-16/h6-7,10,12,17H,4-5,8-9,11H2,1-3H3. The van der Waals surface area contributed by atoms with Gasteiger partial charge in [0.1, 0.15) is 5.75 Å². The summed E-state index contributed by atoms with van der Waals surface area (Å²) >= 11 is 0. The van der Waals surface area contributed by atoms with Crippen molar-refractivity contribution >= 4 is 0 Å². The van der Waals surface area contributed by atoms with E-state index >= 15 is 0 Å². The first-order valence-corrected chi connectivity index (χ1v) is 6.97. The molecule has 1 aliphatic rings. The number of aryl methyl sites for hydroxylation is 1. The van der Waals surface area contributed by atoms with Crippen LogP contribution >= 0.6 is 0 Å². The monoisotopic (exact) mass is 248 g/mol. The largest absolute Gasteiger partial charge is 0.497 e. The third kappa shape index (κ3) is 2.54. The molecule has 0 spiro atoms. The van der Waals surface area contributed by atoms with Gasteiger partial charge in [-0.3, -0.25) is 0 Å². The summed E-state index contributed by atoms with van der Waals surface area (Å²) in [5.74, 6) is 1.25. The molecular formula is C16H24O2. The molecule has 2 unspecified atom stereocenters. The van der Waals surface area contributed by atoms with Crippen LogP contribution in [0.25, 0.3) is 0 Å². The summed E-state index contributed by atoms with van der Waals surface area (Å²) in [6.45, 7) is 4.36. The van der Waals surface area contributed by atoms with Crippen LogP contribution in [0.4, 0.5) is 0 Å². The third-order valence-electron chi connectivity index (χ3n) is 4.38. The second kappa shape index (κ2) is 5.31. The molecule has 2 atom stereocenters. The van der Waals surface area contributed by atoms with Crippen molar-refractivity contribution in [1.29, 1.82) is 0 Å². The van der Waals surface area contributed by atoms with Gasteiger partial charge in [0.15, 0.2) is 0 Å². The molecule has 0 saturated carbocycles. The van der Waals surface area contributed by atoms with E-state index in [1.165, 1.54) is 11.1 Å². The van der Waals surface area contributed by atoms with E-state index in [2.05, 4.69) is 26.0 Å². The van der Waals surface area contributed by atoms with Crippen LogP contribution in [-0.2, 0) is 12.8 Å². The van der Waals surface area contributed by atoms with Gasteiger partial charge in [0.2, 0.25) is 0 Å². The van der Waals surface area contributed by atoms with Crippen LogP contribution in [0.2, 0.25) is 0 Å². The Morgan fingerprint density at radius 1 is 1.39 bits per heavy atom. The minimum atomic E-state index is -0.532. The SMILES string of the molecule is CCCC(C)C1(O)CCc2ccc(OC)cc2C1. The Morgan fingerprint density at radius 2 is 2.17 bits per heavy atom. The summed E-state index contributed by atoms with van der Waals surface area (Å²) in [6, 6.07) is 6.23. The van der Waals surface area contributed by atoms with E-state index in [4.69, 9.17) is 4.74 Å². The van der Waals surface area contributed by atoms with E-state index in [0.717, 1.165) is 37.9 Å². The van der Waals surface area contributed by atoms with Crippen molar-refractivity contribution in [3.63, 3.8) is 0 Å². The van der Waals surface area contributed by atoms with Crippen molar-refractivity contribution < 1.29 is 9.84 Å². The van der Waals surface area contributed by atoms with Crippen LogP contribution in [0.5, 0.6) is 5.75 Å². The third-order valence-corrected chi connectivity index (χ3v) is 4.38. The second-order valence-corrected chi connectivity index (χ2v) is 5.60. The fourth-order valence-corrected chi connectivity index (χ4v) is 3.03. The quantitative estimate of drug-likeness (QED) is 0.885. The van der Waals surface area contributed by atoms with Crippen molar-refractivity contribution in [2.45, 2.75) is 51.6 Å². The molecule has 1 aromatic carbocycles. The number of hydrogen-bond acceptors (Lipinski definition) is 2. The van der Waals surface area contributed by atoms with Crippen LogP contribution in [0.3, 0.4) is 0 Å². The minimum Gasteiger partial charge on any atom is -0.497 e. The molecule has 0 heterocycles. The van der Waals surface area contributed by atoms with E-state index < -0.39 is 5.60 Å². The lowest BCUT2D eigenvalue weighted by Gasteiger charge is -2.38. The highest BCUT2D eigenvalue weighted by atomic mass is 16.5. The Labute approximate surface area is 110 Å². The summed E-state index contributed by atoms with van der Waals surface area (Å²) in [5, 5.41) is 10.8. The van der Waals surface area contributed by atoms with Crippen LogP contribution < -0.4 is 4.74 Å². The second-order valence-electron chi connectivity index (χ2n) is 5.60. The van der Waals surface area contributed by atoms with Gasteiger partial charge in [-0.25, -0.2) is 0 Å². The molecule has 0 aliphatic heterocycles. The lowest BCUT2D eigenvalue weighted by molar-refractivity contribution is -0.0272. The zero-order chi connectivity index (χ0) is 13.2. The molecule has 2 nitrogen and oxygen atoms in total. The smallest absolute Gasteiger partial charge is 0.119 e. The molecule has 0 radical (unpaired) electrons. The molecule has 1 aromatic rings. The average molecular weight is 248 g/mol. The minimum absolute atomic E-state index is 0.363. The lowest BCUT2D eigenvalue weighted by Crippen LogP contribution is -2.42. The number of fused-ring (bicyclic) bond motifs is 1. The molecule has 2 rings (SSSR count). The van der Waals surface area contributed by atoms with E-state index in [9.17, 15) is 5.11 Å².